The van der Waals surface area contributed by atoms with Gasteiger partial charge in [-0.05, 0) is 18.6 Å². The fourth-order valence-corrected chi connectivity index (χ4v) is 1.54. The van der Waals surface area contributed by atoms with E-state index >= 15 is 0 Å². The van der Waals surface area contributed by atoms with E-state index in [9.17, 15) is 4.39 Å². The maximum atomic E-state index is 13.4. The first-order valence-electron chi connectivity index (χ1n) is 5.85. The normalized spacial score (nSPS) is 10.2. The van der Waals surface area contributed by atoms with Crippen molar-refractivity contribution >= 4 is 5.69 Å². The summed E-state index contributed by atoms with van der Waals surface area (Å²) in [7, 11) is 1.58. The Hall–Kier alpha value is -1.25. The van der Waals surface area contributed by atoms with Gasteiger partial charge < -0.3 is 10.1 Å². The van der Waals surface area contributed by atoms with E-state index in [0.29, 0.717) is 11.4 Å². The average molecular weight is 225 g/mol. The van der Waals surface area contributed by atoms with Crippen molar-refractivity contribution in [2.75, 3.05) is 19.0 Å². The highest BCUT2D eigenvalue weighted by atomic mass is 19.1. The van der Waals surface area contributed by atoms with Crippen LogP contribution in [-0.2, 0) is 0 Å². The minimum atomic E-state index is -0.226. The summed E-state index contributed by atoms with van der Waals surface area (Å²) in [6.07, 6.45) is 4.72. The molecular weight excluding hydrogens is 205 g/mol. The molecule has 0 bridgehead atoms. The number of unbranched alkanes of at least 4 members (excludes halogenated alkanes) is 3. The van der Waals surface area contributed by atoms with E-state index in [4.69, 9.17) is 4.74 Å². The molecule has 1 rings (SSSR count). The zero-order valence-electron chi connectivity index (χ0n) is 10.1. The lowest BCUT2D eigenvalue weighted by molar-refractivity contribution is 0.414. The first-order valence-corrected chi connectivity index (χ1v) is 5.85. The Labute approximate surface area is 96.8 Å². The van der Waals surface area contributed by atoms with Crippen molar-refractivity contribution in [2.45, 2.75) is 32.6 Å². The molecule has 0 radical (unpaired) electrons. The molecule has 0 aromatic heterocycles. The van der Waals surface area contributed by atoms with Crippen molar-refractivity contribution < 1.29 is 9.13 Å². The van der Waals surface area contributed by atoms with E-state index in [2.05, 4.69) is 12.2 Å². The second-order valence-corrected chi connectivity index (χ2v) is 3.83. The van der Waals surface area contributed by atoms with Gasteiger partial charge in [0, 0.05) is 12.6 Å². The van der Waals surface area contributed by atoms with Crippen molar-refractivity contribution in [3.05, 3.63) is 24.0 Å². The molecule has 0 unspecified atom stereocenters. The van der Waals surface area contributed by atoms with Crippen LogP contribution in [-0.4, -0.2) is 13.7 Å². The van der Waals surface area contributed by atoms with Crippen molar-refractivity contribution in [1.82, 2.24) is 0 Å². The van der Waals surface area contributed by atoms with E-state index < -0.39 is 0 Å². The van der Waals surface area contributed by atoms with Crippen LogP contribution in [0.4, 0.5) is 10.1 Å². The summed E-state index contributed by atoms with van der Waals surface area (Å²) in [5, 5.41) is 3.09. The predicted octanol–water partition coefficient (Wildman–Crippen LogP) is 3.83. The van der Waals surface area contributed by atoms with Gasteiger partial charge >= 0.3 is 0 Å². The molecule has 2 nitrogen and oxygen atoms in total. The fraction of sp³-hybridized carbons (Fsp3) is 0.538. The van der Waals surface area contributed by atoms with E-state index in [0.717, 1.165) is 13.0 Å². The number of benzene rings is 1. The number of anilines is 1. The Kier molecular flexibility index (Phi) is 5.68. The molecule has 0 aliphatic heterocycles. The van der Waals surface area contributed by atoms with Gasteiger partial charge in [0.2, 0.25) is 0 Å². The Balaban J connectivity index is 2.40. The molecule has 90 valence electrons. The molecule has 0 saturated carbocycles. The smallest absolute Gasteiger partial charge is 0.146 e. The fourth-order valence-electron chi connectivity index (χ4n) is 1.54. The second-order valence-electron chi connectivity index (χ2n) is 3.83. The van der Waals surface area contributed by atoms with Gasteiger partial charge in [0.1, 0.15) is 11.6 Å². The number of ether oxygens (including phenoxy) is 1. The lowest BCUT2D eigenvalue weighted by atomic mass is 10.2. The minimum Gasteiger partial charge on any atom is -0.497 e. The Morgan fingerprint density at radius 2 is 2.06 bits per heavy atom. The maximum absolute atomic E-state index is 13.4. The standard InChI is InChI=1S/C13H20FNO/c1-3-4-5-6-9-15-13-10-11(16-2)7-8-12(13)14/h7-8,10,15H,3-6,9H2,1-2H3. The third-order valence-electron chi connectivity index (χ3n) is 2.52. The Morgan fingerprint density at radius 3 is 2.75 bits per heavy atom. The summed E-state index contributed by atoms with van der Waals surface area (Å²) in [5.74, 6) is 0.453. The first kappa shape index (κ1) is 12.8. The van der Waals surface area contributed by atoms with E-state index in [-0.39, 0.29) is 5.82 Å². The highest BCUT2D eigenvalue weighted by Gasteiger charge is 2.02. The number of nitrogens with one attached hydrogen (secondary N) is 1. The molecule has 1 aromatic rings. The van der Waals surface area contributed by atoms with Crippen LogP contribution in [0.25, 0.3) is 0 Å². The summed E-state index contributed by atoms with van der Waals surface area (Å²) >= 11 is 0. The summed E-state index contributed by atoms with van der Waals surface area (Å²) in [6, 6.07) is 4.74. The summed E-state index contributed by atoms with van der Waals surface area (Å²) < 4.78 is 18.4. The van der Waals surface area contributed by atoms with E-state index in [1.807, 2.05) is 0 Å². The van der Waals surface area contributed by atoms with Gasteiger partial charge in [-0.1, -0.05) is 26.2 Å². The van der Waals surface area contributed by atoms with Crippen LogP contribution < -0.4 is 10.1 Å². The highest BCUT2D eigenvalue weighted by Crippen LogP contribution is 2.20. The van der Waals surface area contributed by atoms with Gasteiger partial charge in [-0.15, -0.1) is 0 Å². The molecular formula is C13H20FNO. The third kappa shape index (κ3) is 4.09. The number of methoxy groups -OCH3 is 1. The van der Waals surface area contributed by atoms with Gasteiger partial charge in [0.25, 0.3) is 0 Å². The van der Waals surface area contributed by atoms with Crippen LogP contribution in [0.2, 0.25) is 0 Å². The van der Waals surface area contributed by atoms with Crippen LogP contribution >= 0.6 is 0 Å². The van der Waals surface area contributed by atoms with Crippen molar-refractivity contribution in [2.24, 2.45) is 0 Å². The maximum Gasteiger partial charge on any atom is 0.146 e. The molecule has 0 aliphatic carbocycles. The van der Waals surface area contributed by atoms with Gasteiger partial charge in [-0.3, -0.25) is 0 Å². The van der Waals surface area contributed by atoms with Crippen molar-refractivity contribution in [3.63, 3.8) is 0 Å². The molecule has 0 amide bonds. The topological polar surface area (TPSA) is 21.3 Å². The average Bonchev–Trinajstić information content (AvgIpc) is 2.31. The number of hydrogen-bond donors (Lipinski definition) is 1. The zero-order valence-corrected chi connectivity index (χ0v) is 10.1. The van der Waals surface area contributed by atoms with Gasteiger partial charge in [0.15, 0.2) is 0 Å². The van der Waals surface area contributed by atoms with Gasteiger partial charge in [-0.2, -0.15) is 0 Å². The van der Waals surface area contributed by atoms with Crippen LogP contribution in [0.5, 0.6) is 5.75 Å². The van der Waals surface area contributed by atoms with Gasteiger partial charge in [-0.25, -0.2) is 4.39 Å². The predicted molar refractivity (Wildman–Crippen MR) is 65.6 cm³/mol. The second kappa shape index (κ2) is 7.09. The molecule has 3 heteroatoms. The monoisotopic (exact) mass is 225 g/mol. The number of halogens is 1. The Morgan fingerprint density at radius 1 is 1.25 bits per heavy atom. The largest absolute Gasteiger partial charge is 0.497 e. The zero-order chi connectivity index (χ0) is 11.8. The number of rotatable bonds is 7. The summed E-state index contributed by atoms with van der Waals surface area (Å²) in [5.41, 5.74) is 0.524. The molecule has 0 fully saturated rings. The quantitative estimate of drug-likeness (QED) is 0.712. The summed E-state index contributed by atoms with van der Waals surface area (Å²) in [4.78, 5) is 0. The summed E-state index contributed by atoms with van der Waals surface area (Å²) in [6.45, 7) is 2.99. The van der Waals surface area contributed by atoms with Crippen LogP contribution in [0, 0.1) is 5.82 Å². The van der Waals surface area contributed by atoms with E-state index in [1.54, 1.807) is 19.2 Å². The molecule has 1 N–H and O–H groups in total. The first-order chi connectivity index (χ1) is 7.77. The molecule has 1 aromatic carbocycles. The van der Waals surface area contributed by atoms with E-state index in [1.165, 1.54) is 25.3 Å². The Bertz CT molecular complexity index is 315. The molecule has 0 heterocycles. The highest BCUT2D eigenvalue weighted by molar-refractivity contribution is 5.49. The van der Waals surface area contributed by atoms with Crippen LogP contribution in [0.15, 0.2) is 18.2 Å². The van der Waals surface area contributed by atoms with Crippen LogP contribution in [0.3, 0.4) is 0 Å². The minimum absolute atomic E-state index is 0.226. The van der Waals surface area contributed by atoms with Crippen molar-refractivity contribution in [3.8, 4) is 5.75 Å². The molecule has 0 aliphatic rings. The van der Waals surface area contributed by atoms with Gasteiger partial charge in [0.05, 0.1) is 12.8 Å². The molecule has 16 heavy (non-hydrogen) atoms. The SMILES string of the molecule is CCCCCCNc1cc(OC)ccc1F. The number of hydrogen-bond acceptors (Lipinski definition) is 2. The van der Waals surface area contributed by atoms with Crippen molar-refractivity contribution in [1.29, 1.82) is 0 Å². The lowest BCUT2D eigenvalue weighted by Crippen LogP contribution is -2.03. The molecule has 0 atom stereocenters. The third-order valence-corrected chi connectivity index (χ3v) is 2.52. The lowest BCUT2D eigenvalue weighted by Gasteiger charge is -2.09. The molecule has 0 saturated heterocycles. The molecule has 0 spiro atoms. The van der Waals surface area contributed by atoms with Crippen LogP contribution in [0.1, 0.15) is 32.6 Å².